The third-order valence-corrected chi connectivity index (χ3v) is 6.71. The van der Waals surface area contributed by atoms with E-state index in [1.54, 1.807) is 12.1 Å². The van der Waals surface area contributed by atoms with Crippen LogP contribution in [0.15, 0.2) is 18.3 Å². The van der Waals surface area contributed by atoms with Crippen molar-refractivity contribution in [2.45, 2.75) is 56.3 Å². The fourth-order valence-corrected chi connectivity index (χ4v) is 4.78. The molecular weight excluding hydrogens is 465 g/mol. The molecule has 1 atom stereocenters. The van der Waals surface area contributed by atoms with E-state index >= 15 is 0 Å². The Kier molecular flexibility index (Phi) is 4.57. The molecular formula is C22H21F3N8O2. The van der Waals surface area contributed by atoms with Crippen molar-refractivity contribution < 1.29 is 22.8 Å². The van der Waals surface area contributed by atoms with Gasteiger partial charge in [0, 0.05) is 12.2 Å². The lowest BCUT2D eigenvalue weighted by atomic mass is 9.76. The Labute approximate surface area is 196 Å². The summed E-state index contributed by atoms with van der Waals surface area (Å²) in [5, 5.41) is 10.4. The SMILES string of the molecule is Nc1nc(-c2nn(CCC(F)(F)F)c3ncccc23)nc2c1C(C(=O)NC1CC1)(C1CC1)C(=O)N2. The molecule has 3 aromatic heterocycles. The van der Waals surface area contributed by atoms with Crippen molar-refractivity contribution in [3.05, 3.63) is 23.9 Å². The molecule has 0 radical (unpaired) electrons. The van der Waals surface area contributed by atoms with Crippen LogP contribution in [0.1, 0.15) is 37.7 Å². The van der Waals surface area contributed by atoms with E-state index in [1.165, 1.54) is 6.20 Å². The molecule has 4 N–H and O–H groups in total. The zero-order valence-corrected chi connectivity index (χ0v) is 18.4. The van der Waals surface area contributed by atoms with E-state index in [4.69, 9.17) is 5.73 Å². The minimum absolute atomic E-state index is 0.0273. The molecule has 0 spiro atoms. The summed E-state index contributed by atoms with van der Waals surface area (Å²) >= 11 is 0. The number of hydrogen-bond donors (Lipinski definition) is 3. The van der Waals surface area contributed by atoms with Gasteiger partial charge in [-0.05, 0) is 43.7 Å². The Morgan fingerprint density at radius 2 is 2.03 bits per heavy atom. The van der Waals surface area contributed by atoms with Gasteiger partial charge in [-0.3, -0.25) is 9.59 Å². The molecule has 35 heavy (non-hydrogen) atoms. The van der Waals surface area contributed by atoms with Crippen LogP contribution in [-0.4, -0.2) is 48.8 Å². The Morgan fingerprint density at radius 3 is 2.71 bits per heavy atom. The molecule has 6 rings (SSSR count). The quantitative estimate of drug-likeness (QED) is 0.454. The van der Waals surface area contributed by atoms with Gasteiger partial charge >= 0.3 is 6.18 Å². The molecule has 13 heteroatoms. The molecule has 4 heterocycles. The van der Waals surface area contributed by atoms with Crippen molar-refractivity contribution in [1.82, 2.24) is 30.0 Å². The summed E-state index contributed by atoms with van der Waals surface area (Å²) in [6, 6.07) is 3.33. The Morgan fingerprint density at radius 1 is 1.26 bits per heavy atom. The van der Waals surface area contributed by atoms with Gasteiger partial charge in [0.05, 0.1) is 23.9 Å². The number of halogens is 3. The highest BCUT2D eigenvalue weighted by Gasteiger charge is 2.63. The Hall–Kier alpha value is -3.77. The van der Waals surface area contributed by atoms with Gasteiger partial charge in [-0.2, -0.15) is 18.3 Å². The molecule has 2 saturated carbocycles. The third kappa shape index (κ3) is 3.48. The fraction of sp³-hybridized carbons (Fsp3) is 0.455. The van der Waals surface area contributed by atoms with Crippen molar-refractivity contribution >= 4 is 34.5 Å². The monoisotopic (exact) mass is 486 g/mol. The van der Waals surface area contributed by atoms with E-state index in [0.717, 1.165) is 17.5 Å². The first-order chi connectivity index (χ1) is 16.7. The van der Waals surface area contributed by atoms with E-state index in [9.17, 15) is 22.8 Å². The molecule has 0 saturated heterocycles. The van der Waals surface area contributed by atoms with E-state index in [0.29, 0.717) is 18.2 Å². The van der Waals surface area contributed by atoms with Crippen LogP contribution in [0.25, 0.3) is 22.6 Å². The van der Waals surface area contributed by atoms with Gasteiger partial charge in [-0.1, -0.05) is 0 Å². The minimum atomic E-state index is -4.36. The lowest BCUT2D eigenvalue weighted by Crippen LogP contribution is -2.51. The first kappa shape index (κ1) is 21.7. The summed E-state index contributed by atoms with van der Waals surface area (Å²) in [5.41, 5.74) is 5.54. The summed E-state index contributed by atoms with van der Waals surface area (Å²) in [5.74, 6) is -0.980. The smallest absolute Gasteiger partial charge is 0.383 e. The molecule has 2 aliphatic carbocycles. The fourth-order valence-electron chi connectivity index (χ4n) is 4.78. The highest BCUT2D eigenvalue weighted by Crippen LogP contribution is 2.54. The highest BCUT2D eigenvalue weighted by molar-refractivity contribution is 6.22. The third-order valence-electron chi connectivity index (χ3n) is 6.71. The van der Waals surface area contributed by atoms with Crippen LogP contribution < -0.4 is 16.4 Å². The number of carbonyl (C=O) groups excluding carboxylic acids is 2. The number of carbonyl (C=O) groups is 2. The van der Waals surface area contributed by atoms with Crippen molar-refractivity contribution in [2.75, 3.05) is 11.1 Å². The predicted molar refractivity (Wildman–Crippen MR) is 118 cm³/mol. The van der Waals surface area contributed by atoms with E-state index in [-0.39, 0.29) is 46.3 Å². The minimum Gasteiger partial charge on any atom is -0.383 e. The molecule has 2 amide bonds. The lowest BCUT2D eigenvalue weighted by Gasteiger charge is -2.26. The topological polar surface area (TPSA) is 141 Å². The van der Waals surface area contributed by atoms with Gasteiger partial charge in [0.15, 0.2) is 16.9 Å². The molecule has 1 unspecified atom stereocenters. The summed E-state index contributed by atoms with van der Waals surface area (Å²) in [7, 11) is 0. The van der Waals surface area contributed by atoms with Crippen molar-refractivity contribution in [3.63, 3.8) is 0 Å². The Balaban J connectivity index is 1.45. The van der Waals surface area contributed by atoms with Crippen LogP contribution in [0.3, 0.4) is 0 Å². The van der Waals surface area contributed by atoms with Crippen LogP contribution in [-0.2, 0) is 21.5 Å². The molecule has 1 aliphatic heterocycles. The number of anilines is 2. The number of rotatable bonds is 6. The largest absolute Gasteiger partial charge is 0.390 e. The van der Waals surface area contributed by atoms with E-state index < -0.39 is 36.4 Å². The van der Waals surface area contributed by atoms with Crippen molar-refractivity contribution in [1.29, 1.82) is 0 Å². The zero-order chi connectivity index (χ0) is 24.5. The number of nitrogens with two attached hydrogens (primary N) is 1. The van der Waals surface area contributed by atoms with Crippen molar-refractivity contribution in [2.24, 2.45) is 5.92 Å². The molecule has 0 aromatic carbocycles. The average molecular weight is 486 g/mol. The number of aromatic nitrogens is 5. The Bertz CT molecular complexity index is 1380. The van der Waals surface area contributed by atoms with Gasteiger partial charge in [0.1, 0.15) is 17.3 Å². The van der Waals surface area contributed by atoms with Crippen LogP contribution in [0.5, 0.6) is 0 Å². The molecule has 2 fully saturated rings. The average Bonchev–Trinajstić information content (AvgIpc) is 3.73. The van der Waals surface area contributed by atoms with Gasteiger partial charge in [-0.15, -0.1) is 0 Å². The standard InChI is InChI=1S/C22H21F3N8O2/c23-21(24,25)7-9-33-18-12(2-1-8-27-18)14(32-33)17-29-15(26)13-16(30-17)31-20(35)22(13,10-3-4-10)19(34)28-11-5-6-11/h1-2,8,10-11H,3-7,9H2,(H,28,34)(H3,26,29,30,31,35). The molecule has 10 nitrogen and oxygen atoms in total. The number of nitrogen functional groups attached to an aromatic ring is 1. The van der Waals surface area contributed by atoms with Crippen LogP contribution in [0.4, 0.5) is 24.8 Å². The maximum atomic E-state index is 13.3. The van der Waals surface area contributed by atoms with Gasteiger partial charge in [-0.25, -0.2) is 19.6 Å². The second-order valence-corrected chi connectivity index (χ2v) is 9.25. The second kappa shape index (κ2) is 7.36. The van der Waals surface area contributed by atoms with Crippen molar-refractivity contribution in [3.8, 4) is 11.5 Å². The van der Waals surface area contributed by atoms with E-state index in [1.807, 2.05) is 0 Å². The molecule has 3 aliphatic rings. The first-order valence-electron chi connectivity index (χ1n) is 11.4. The number of pyridine rings is 1. The summed E-state index contributed by atoms with van der Waals surface area (Å²) in [4.78, 5) is 39.6. The lowest BCUT2D eigenvalue weighted by molar-refractivity contribution is -0.137. The number of amides is 2. The molecule has 0 bridgehead atoms. The maximum Gasteiger partial charge on any atom is 0.390 e. The van der Waals surface area contributed by atoms with Crippen LogP contribution >= 0.6 is 0 Å². The second-order valence-electron chi connectivity index (χ2n) is 9.25. The normalized spacial score (nSPS) is 21.7. The van der Waals surface area contributed by atoms with Crippen LogP contribution in [0, 0.1) is 5.92 Å². The zero-order valence-electron chi connectivity index (χ0n) is 18.4. The van der Waals surface area contributed by atoms with E-state index in [2.05, 4.69) is 30.7 Å². The number of alkyl halides is 3. The highest BCUT2D eigenvalue weighted by atomic mass is 19.4. The van der Waals surface area contributed by atoms with Gasteiger partial charge in [0.25, 0.3) is 0 Å². The summed E-state index contributed by atoms with van der Waals surface area (Å²) in [6.45, 7) is -0.430. The summed E-state index contributed by atoms with van der Waals surface area (Å²) in [6.07, 6.45) is -0.854. The number of nitrogens with one attached hydrogen (secondary N) is 2. The van der Waals surface area contributed by atoms with Crippen LogP contribution in [0.2, 0.25) is 0 Å². The predicted octanol–water partition coefficient (Wildman–Crippen LogP) is 2.30. The van der Waals surface area contributed by atoms with Gasteiger partial charge in [0.2, 0.25) is 11.8 Å². The number of hydrogen-bond acceptors (Lipinski definition) is 7. The number of fused-ring (bicyclic) bond motifs is 2. The molecule has 3 aromatic rings. The number of nitrogens with zero attached hydrogens (tertiary/aromatic N) is 5. The van der Waals surface area contributed by atoms with Gasteiger partial charge < -0.3 is 16.4 Å². The maximum absolute atomic E-state index is 13.3. The number of aryl methyl sites for hydroxylation is 1. The molecule has 182 valence electrons. The summed E-state index contributed by atoms with van der Waals surface area (Å²) < 4.78 is 39.6. The first-order valence-corrected chi connectivity index (χ1v) is 11.4.